The van der Waals surface area contributed by atoms with E-state index in [2.05, 4.69) is 22.1 Å². The second kappa shape index (κ2) is 8.56. The minimum absolute atomic E-state index is 0.000104. The van der Waals surface area contributed by atoms with Crippen LogP contribution >= 0.6 is 23.5 Å². The number of aromatic nitrogens is 1. The molecule has 0 radical (unpaired) electrons. The molecule has 0 aromatic carbocycles. The van der Waals surface area contributed by atoms with E-state index < -0.39 is 0 Å². The van der Waals surface area contributed by atoms with Crippen molar-refractivity contribution in [3.05, 3.63) is 23.9 Å². The lowest BCUT2D eigenvalue weighted by Gasteiger charge is -2.43. The Labute approximate surface area is 152 Å². The molecule has 1 aromatic heterocycles. The highest BCUT2D eigenvalue weighted by Crippen LogP contribution is 2.33. The van der Waals surface area contributed by atoms with Crippen molar-refractivity contribution in [2.75, 3.05) is 50.1 Å². The summed E-state index contributed by atoms with van der Waals surface area (Å²) in [5, 5.41) is 4.08. The van der Waals surface area contributed by atoms with Crippen LogP contribution in [0.5, 0.6) is 0 Å². The molecule has 0 aliphatic carbocycles. The Morgan fingerprint density at radius 2 is 2.33 bits per heavy atom. The maximum absolute atomic E-state index is 12.6. The average Bonchev–Trinajstić information content (AvgIpc) is 3.11. The van der Waals surface area contributed by atoms with E-state index in [0.717, 1.165) is 49.3 Å². The van der Waals surface area contributed by atoms with Crippen LogP contribution in [-0.2, 0) is 4.74 Å². The Hall–Kier alpha value is -0.760. The lowest BCUT2D eigenvalue weighted by Crippen LogP contribution is -2.59. The van der Waals surface area contributed by atoms with Crippen LogP contribution in [0.15, 0.2) is 23.4 Å². The smallest absolute Gasteiger partial charge is 0.251 e. The molecule has 2 aliphatic heterocycles. The van der Waals surface area contributed by atoms with Gasteiger partial charge in [0.2, 0.25) is 0 Å². The number of carbonyl (C=O) groups excluding carboxylic acids is 1. The molecule has 1 N–H and O–H groups in total. The second-order valence-corrected chi connectivity index (χ2v) is 8.51. The van der Waals surface area contributed by atoms with E-state index in [-0.39, 0.29) is 11.4 Å². The predicted molar refractivity (Wildman–Crippen MR) is 100 cm³/mol. The number of hydrogen-bond donors (Lipinski definition) is 1. The van der Waals surface area contributed by atoms with Crippen LogP contribution in [0.25, 0.3) is 0 Å². The number of rotatable bonds is 6. The molecule has 7 heteroatoms. The highest BCUT2D eigenvalue weighted by molar-refractivity contribution is 7.99. The molecule has 0 spiro atoms. The number of thioether (sulfide) groups is 2. The van der Waals surface area contributed by atoms with Crippen LogP contribution in [-0.4, -0.2) is 71.4 Å². The Bertz CT molecular complexity index is 559. The normalized spacial score (nSPS) is 24.9. The van der Waals surface area contributed by atoms with E-state index in [0.29, 0.717) is 12.1 Å². The summed E-state index contributed by atoms with van der Waals surface area (Å²) in [6.07, 6.45) is 2.85. The largest absolute Gasteiger partial charge is 0.379 e. The topological polar surface area (TPSA) is 54.5 Å². The van der Waals surface area contributed by atoms with Gasteiger partial charge in [-0.15, -0.1) is 11.8 Å². The summed E-state index contributed by atoms with van der Waals surface area (Å²) in [4.78, 5) is 19.4. The monoisotopic (exact) mass is 367 g/mol. The van der Waals surface area contributed by atoms with E-state index in [9.17, 15) is 4.79 Å². The third-order valence-electron chi connectivity index (χ3n) is 4.63. The van der Waals surface area contributed by atoms with Crippen LogP contribution in [0.4, 0.5) is 0 Å². The van der Waals surface area contributed by atoms with Gasteiger partial charge in [-0.3, -0.25) is 9.69 Å². The number of amides is 1. The third-order valence-corrected chi connectivity index (χ3v) is 6.67. The number of hydrogen-bond acceptors (Lipinski definition) is 6. The van der Waals surface area contributed by atoms with Gasteiger partial charge in [0.15, 0.2) is 0 Å². The van der Waals surface area contributed by atoms with E-state index in [1.54, 1.807) is 24.0 Å². The van der Waals surface area contributed by atoms with Crippen LogP contribution < -0.4 is 5.32 Å². The molecule has 24 heavy (non-hydrogen) atoms. The zero-order valence-corrected chi connectivity index (χ0v) is 15.8. The second-order valence-electron chi connectivity index (χ2n) is 6.12. The quantitative estimate of drug-likeness (QED) is 0.778. The molecule has 1 aromatic rings. The molecule has 2 aliphatic rings. The zero-order chi connectivity index (χ0) is 16.8. The highest BCUT2D eigenvalue weighted by atomic mass is 32.2. The van der Waals surface area contributed by atoms with Crippen molar-refractivity contribution < 1.29 is 9.53 Å². The van der Waals surface area contributed by atoms with Gasteiger partial charge in [-0.2, -0.15) is 11.8 Å². The van der Waals surface area contributed by atoms with Gasteiger partial charge >= 0.3 is 0 Å². The molecule has 132 valence electrons. The molecule has 2 saturated heterocycles. The van der Waals surface area contributed by atoms with Gasteiger partial charge in [-0.1, -0.05) is 6.92 Å². The summed E-state index contributed by atoms with van der Waals surface area (Å²) in [7, 11) is 0. The molecule has 1 unspecified atom stereocenters. The van der Waals surface area contributed by atoms with E-state index in [1.807, 2.05) is 17.8 Å². The molecule has 2 fully saturated rings. The van der Waals surface area contributed by atoms with Crippen LogP contribution in [0.1, 0.15) is 23.7 Å². The molecule has 1 amide bonds. The summed E-state index contributed by atoms with van der Waals surface area (Å²) in [6, 6.07) is 3.67. The molecule has 3 rings (SSSR count). The summed E-state index contributed by atoms with van der Waals surface area (Å²) >= 11 is 3.64. The van der Waals surface area contributed by atoms with Crippen molar-refractivity contribution in [2.24, 2.45) is 0 Å². The summed E-state index contributed by atoms with van der Waals surface area (Å²) in [6.45, 7) is 6.30. The minimum atomic E-state index is -0.000104. The van der Waals surface area contributed by atoms with Gasteiger partial charge < -0.3 is 10.1 Å². The fraction of sp³-hybridized carbons (Fsp3) is 0.647. The molecule has 0 saturated carbocycles. The van der Waals surface area contributed by atoms with Gasteiger partial charge in [0.25, 0.3) is 5.91 Å². The standard InChI is InChI=1S/C17H25N3O2S2/c1-2-24-15-11-14(3-5-18-15)16(21)19-12-17(4-10-23-13-17)20-6-8-22-9-7-20/h3,5,11H,2,4,6-10,12-13H2,1H3,(H,19,21). The Morgan fingerprint density at radius 3 is 3.04 bits per heavy atom. The lowest BCUT2D eigenvalue weighted by atomic mass is 9.95. The fourth-order valence-electron chi connectivity index (χ4n) is 3.26. The maximum atomic E-state index is 12.6. The average molecular weight is 368 g/mol. The minimum Gasteiger partial charge on any atom is -0.379 e. The van der Waals surface area contributed by atoms with Crippen molar-refractivity contribution in [2.45, 2.75) is 23.9 Å². The molecule has 3 heterocycles. The van der Waals surface area contributed by atoms with Crippen molar-refractivity contribution >= 4 is 29.4 Å². The van der Waals surface area contributed by atoms with Crippen molar-refractivity contribution in [3.63, 3.8) is 0 Å². The summed E-state index contributed by atoms with van der Waals surface area (Å²) < 4.78 is 5.49. The van der Waals surface area contributed by atoms with Crippen molar-refractivity contribution in [1.29, 1.82) is 0 Å². The van der Waals surface area contributed by atoms with Crippen molar-refractivity contribution in [1.82, 2.24) is 15.2 Å². The summed E-state index contributed by atoms with van der Waals surface area (Å²) in [5.74, 6) is 3.20. The van der Waals surface area contributed by atoms with Gasteiger partial charge in [0.1, 0.15) is 0 Å². The lowest BCUT2D eigenvalue weighted by molar-refractivity contribution is -0.0129. The van der Waals surface area contributed by atoms with Crippen LogP contribution in [0.2, 0.25) is 0 Å². The van der Waals surface area contributed by atoms with Gasteiger partial charge in [-0.25, -0.2) is 4.98 Å². The number of carbonyl (C=O) groups is 1. The molecule has 5 nitrogen and oxygen atoms in total. The predicted octanol–water partition coefficient (Wildman–Crippen LogP) is 2.13. The van der Waals surface area contributed by atoms with Gasteiger partial charge in [0.05, 0.1) is 18.2 Å². The van der Waals surface area contributed by atoms with E-state index in [1.165, 1.54) is 5.75 Å². The molecular weight excluding hydrogens is 342 g/mol. The Morgan fingerprint density at radius 1 is 1.50 bits per heavy atom. The van der Waals surface area contributed by atoms with Crippen molar-refractivity contribution in [3.8, 4) is 0 Å². The number of nitrogens with one attached hydrogen (secondary N) is 1. The molecule has 1 atom stereocenters. The Kier molecular flexibility index (Phi) is 6.43. The number of morpholine rings is 1. The first kappa shape index (κ1) is 18.0. The molecule has 0 bridgehead atoms. The number of nitrogens with zero attached hydrogens (tertiary/aromatic N) is 2. The van der Waals surface area contributed by atoms with E-state index in [4.69, 9.17) is 4.74 Å². The highest BCUT2D eigenvalue weighted by Gasteiger charge is 2.40. The first-order valence-corrected chi connectivity index (χ1v) is 10.7. The zero-order valence-electron chi connectivity index (χ0n) is 14.1. The molecular formula is C17H25N3O2S2. The Balaban J connectivity index is 1.64. The summed E-state index contributed by atoms with van der Waals surface area (Å²) in [5.41, 5.74) is 0.779. The number of ether oxygens (including phenoxy) is 1. The van der Waals surface area contributed by atoms with Crippen LogP contribution in [0, 0.1) is 0 Å². The first-order chi connectivity index (χ1) is 11.7. The number of pyridine rings is 1. The van der Waals surface area contributed by atoms with Crippen LogP contribution in [0.3, 0.4) is 0 Å². The van der Waals surface area contributed by atoms with E-state index >= 15 is 0 Å². The third kappa shape index (κ3) is 4.25. The van der Waals surface area contributed by atoms with Gasteiger partial charge in [0, 0.05) is 42.7 Å². The van der Waals surface area contributed by atoms with Gasteiger partial charge in [-0.05, 0) is 30.1 Å². The first-order valence-electron chi connectivity index (χ1n) is 8.51. The SMILES string of the molecule is CCSc1cc(C(=O)NCC2(N3CCOCC3)CCSC2)ccn1. The fourth-order valence-corrected chi connectivity index (χ4v) is 5.38. The maximum Gasteiger partial charge on any atom is 0.251 e.